The lowest BCUT2D eigenvalue weighted by Gasteiger charge is -2.17. The molecule has 4 heteroatoms. The summed E-state index contributed by atoms with van der Waals surface area (Å²) in [5.74, 6) is 0.931. The van der Waals surface area contributed by atoms with Gasteiger partial charge in [-0.1, -0.05) is 36.4 Å². The number of rotatable bonds is 4. The molecular weight excluding hydrogens is 296 g/mol. The van der Waals surface area contributed by atoms with Crippen LogP contribution in [-0.2, 0) is 6.54 Å². The van der Waals surface area contributed by atoms with Gasteiger partial charge in [-0.15, -0.1) is 0 Å². The third-order valence-electron chi connectivity index (χ3n) is 4.65. The summed E-state index contributed by atoms with van der Waals surface area (Å²) < 4.78 is 0. The molecule has 2 aromatic carbocycles. The van der Waals surface area contributed by atoms with E-state index in [2.05, 4.69) is 62.6 Å². The molecule has 0 bridgehead atoms. The number of hydrogen-bond acceptors (Lipinski definition) is 4. The summed E-state index contributed by atoms with van der Waals surface area (Å²) in [7, 11) is 0. The van der Waals surface area contributed by atoms with Crippen LogP contribution in [-0.4, -0.2) is 34.0 Å². The van der Waals surface area contributed by atoms with Crippen molar-refractivity contribution in [3.05, 3.63) is 66.1 Å². The molecule has 1 aliphatic rings. The van der Waals surface area contributed by atoms with Crippen LogP contribution in [0.3, 0.4) is 0 Å². The number of hydrogen-bond donors (Lipinski definition) is 1. The van der Waals surface area contributed by atoms with E-state index in [0.29, 0.717) is 6.04 Å². The van der Waals surface area contributed by atoms with Crippen LogP contribution in [0.1, 0.15) is 17.7 Å². The highest BCUT2D eigenvalue weighted by molar-refractivity contribution is 5.82. The number of anilines is 1. The van der Waals surface area contributed by atoms with Crippen LogP contribution >= 0.6 is 0 Å². The van der Waals surface area contributed by atoms with Crippen LogP contribution in [0.15, 0.2) is 54.9 Å². The number of aryl methyl sites for hydroxylation is 1. The average Bonchev–Trinajstić information content (AvgIpc) is 3.02. The second kappa shape index (κ2) is 6.57. The van der Waals surface area contributed by atoms with Crippen LogP contribution in [0, 0.1) is 6.92 Å². The van der Waals surface area contributed by atoms with E-state index in [1.54, 1.807) is 6.33 Å². The fourth-order valence-electron chi connectivity index (χ4n) is 3.43. The Morgan fingerprint density at radius 2 is 1.96 bits per heavy atom. The Bertz CT molecular complexity index is 846. The van der Waals surface area contributed by atoms with E-state index in [4.69, 9.17) is 0 Å². The fraction of sp³-hybridized carbons (Fsp3) is 0.300. The maximum Gasteiger partial charge on any atom is 0.129 e. The van der Waals surface area contributed by atoms with Gasteiger partial charge in [-0.3, -0.25) is 4.90 Å². The monoisotopic (exact) mass is 318 g/mol. The summed E-state index contributed by atoms with van der Waals surface area (Å²) >= 11 is 0. The number of benzene rings is 2. The zero-order valence-electron chi connectivity index (χ0n) is 13.9. The van der Waals surface area contributed by atoms with E-state index in [0.717, 1.165) is 37.6 Å². The van der Waals surface area contributed by atoms with Crippen molar-refractivity contribution in [2.75, 3.05) is 18.4 Å². The van der Waals surface area contributed by atoms with Gasteiger partial charge >= 0.3 is 0 Å². The van der Waals surface area contributed by atoms with E-state index in [1.165, 1.54) is 16.3 Å². The Labute approximate surface area is 142 Å². The highest BCUT2D eigenvalue weighted by Crippen LogP contribution is 2.20. The van der Waals surface area contributed by atoms with Crippen molar-refractivity contribution in [2.45, 2.75) is 25.9 Å². The van der Waals surface area contributed by atoms with Crippen molar-refractivity contribution in [3.8, 4) is 0 Å². The van der Waals surface area contributed by atoms with E-state index in [-0.39, 0.29) is 0 Å². The first-order chi connectivity index (χ1) is 11.8. The highest BCUT2D eigenvalue weighted by atomic mass is 15.2. The summed E-state index contributed by atoms with van der Waals surface area (Å²) in [5, 5.41) is 6.16. The molecule has 1 aliphatic heterocycles. The van der Waals surface area contributed by atoms with Crippen molar-refractivity contribution >= 4 is 16.6 Å². The molecule has 4 nitrogen and oxygen atoms in total. The quantitative estimate of drug-likeness (QED) is 0.797. The zero-order chi connectivity index (χ0) is 16.4. The average molecular weight is 318 g/mol. The molecular formula is C20H22N4. The first kappa shape index (κ1) is 15.1. The molecule has 1 saturated heterocycles. The Morgan fingerprint density at radius 3 is 2.83 bits per heavy atom. The van der Waals surface area contributed by atoms with Gasteiger partial charge in [-0.05, 0) is 35.7 Å². The summed E-state index contributed by atoms with van der Waals surface area (Å²) in [6, 6.07) is 17.8. The Hall–Kier alpha value is -2.46. The Kier molecular flexibility index (Phi) is 4.13. The van der Waals surface area contributed by atoms with Gasteiger partial charge < -0.3 is 5.32 Å². The summed E-state index contributed by atoms with van der Waals surface area (Å²) in [5.41, 5.74) is 2.38. The second-order valence-electron chi connectivity index (χ2n) is 6.59. The molecule has 1 unspecified atom stereocenters. The van der Waals surface area contributed by atoms with Crippen LogP contribution in [0.4, 0.5) is 5.82 Å². The largest absolute Gasteiger partial charge is 0.366 e. The first-order valence-corrected chi connectivity index (χ1v) is 8.51. The van der Waals surface area contributed by atoms with Crippen molar-refractivity contribution in [1.82, 2.24) is 14.9 Å². The maximum absolute atomic E-state index is 4.31. The first-order valence-electron chi connectivity index (χ1n) is 8.51. The molecule has 2 heterocycles. The van der Waals surface area contributed by atoms with Crippen molar-refractivity contribution < 1.29 is 0 Å². The van der Waals surface area contributed by atoms with Crippen LogP contribution in [0.25, 0.3) is 10.8 Å². The standard InChI is InChI=1S/C20H22N4/c1-15-10-20(22-14-21-15)23-19-8-9-24(13-19)12-16-6-7-17-4-2-3-5-18(17)11-16/h2-7,10-11,14,19H,8-9,12-13H2,1H3,(H,21,22,23). The summed E-state index contributed by atoms with van der Waals surface area (Å²) in [4.78, 5) is 11.0. The van der Waals surface area contributed by atoms with Gasteiger partial charge in [0, 0.05) is 37.4 Å². The van der Waals surface area contributed by atoms with E-state index < -0.39 is 0 Å². The molecule has 1 fully saturated rings. The number of nitrogens with zero attached hydrogens (tertiary/aromatic N) is 3. The van der Waals surface area contributed by atoms with Gasteiger partial charge in [0.2, 0.25) is 0 Å². The number of likely N-dealkylation sites (tertiary alicyclic amines) is 1. The van der Waals surface area contributed by atoms with Crippen molar-refractivity contribution in [1.29, 1.82) is 0 Å². The van der Waals surface area contributed by atoms with E-state index >= 15 is 0 Å². The van der Waals surface area contributed by atoms with Crippen LogP contribution < -0.4 is 5.32 Å². The minimum Gasteiger partial charge on any atom is -0.366 e. The lowest BCUT2D eigenvalue weighted by atomic mass is 10.1. The minimum atomic E-state index is 0.458. The van der Waals surface area contributed by atoms with Crippen LogP contribution in [0.2, 0.25) is 0 Å². The van der Waals surface area contributed by atoms with Crippen LogP contribution in [0.5, 0.6) is 0 Å². The third kappa shape index (κ3) is 3.39. The molecule has 1 N–H and O–H groups in total. The lowest BCUT2D eigenvalue weighted by Crippen LogP contribution is -2.26. The number of fused-ring (bicyclic) bond motifs is 1. The third-order valence-corrected chi connectivity index (χ3v) is 4.65. The predicted octanol–water partition coefficient (Wildman–Crippen LogP) is 3.62. The van der Waals surface area contributed by atoms with Crippen molar-refractivity contribution in [3.63, 3.8) is 0 Å². The summed E-state index contributed by atoms with van der Waals surface area (Å²) in [6.45, 7) is 5.17. The molecule has 4 rings (SSSR count). The van der Waals surface area contributed by atoms with Crippen molar-refractivity contribution in [2.24, 2.45) is 0 Å². The molecule has 0 radical (unpaired) electrons. The van der Waals surface area contributed by atoms with Gasteiger partial charge in [0.1, 0.15) is 12.1 Å². The molecule has 1 aromatic heterocycles. The highest BCUT2D eigenvalue weighted by Gasteiger charge is 2.22. The molecule has 0 aliphatic carbocycles. The van der Waals surface area contributed by atoms with Gasteiger partial charge in [-0.25, -0.2) is 9.97 Å². The van der Waals surface area contributed by atoms with E-state index in [9.17, 15) is 0 Å². The molecule has 0 spiro atoms. The normalized spacial score (nSPS) is 18.1. The fourth-order valence-corrected chi connectivity index (χ4v) is 3.43. The van der Waals surface area contributed by atoms with Gasteiger partial charge in [0.25, 0.3) is 0 Å². The topological polar surface area (TPSA) is 41.0 Å². The number of nitrogens with one attached hydrogen (secondary N) is 1. The van der Waals surface area contributed by atoms with Gasteiger partial charge in [-0.2, -0.15) is 0 Å². The molecule has 122 valence electrons. The molecule has 24 heavy (non-hydrogen) atoms. The lowest BCUT2D eigenvalue weighted by molar-refractivity contribution is 0.329. The van der Waals surface area contributed by atoms with Gasteiger partial charge in [0.15, 0.2) is 0 Å². The minimum absolute atomic E-state index is 0.458. The maximum atomic E-state index is 4.31. The zero-order valence-corrected chi connectivity index (χ0v) is 13.9. The molecule has 1 atom stereocenters. The second-order valence-corrected chi connectivity index (χ2v) is 6.59. The smallest absolute Gasteiger partial charge is 0.129 e. The van der Waals surface area contributed by atoms with Gasteiger partial charge in [0.05, 0.1) is 0 Å². The molecule has 0 amide bonds. The predicted molar refractivity (Wildman–Crippen MR) is 98.0 cm³/mol. The number of aromatic nitrogens is 2. The molecule has 3 aromatic rings. The Balaban J connectivity index is 1.39. The Morgan fingerprint density at radius 1 is 1.08 bits per heavy atom. The molecule has 0 saturated carbocycles. The summed E-state index contributed by atoms with van der Waals surface area (Å²) in [6.07, 6.45) is 2.77. The SMILES string of the molecule is Cc1cc(NC2CCN(Cc3ccc4ccccc4c3)C2)ncn1. The van der Waals surface area contributed by atoms with E-state index in [1.807, 2.05) is 13.0 Å².